The van der Waals surface area contributed by atoms with Gasteiger partial charge in [-0.3, -0.25) is 5.43 Å². The maximum absolute atomic E-state index is 11.3. The first kappa shape index (κ1) is 13.2. The van der Waals surface area contributed by atoms with E-state index in [4.69, 9.17) is 9.84 Å². The van der Waals surface area contributed by atoms with Gasteiger partial charge >= 0.3 is 6.09 Å². The molecule has 94 valence electrons. The zero-order chi connectivity index (χ0) is 12.9. The number of aliphatic hydroxyl groups excluding tert-OH is 1. The number of ether oxygens (including phenoxy) is 1. The number of nitrogens with one attached hydrogen (secondary N) is 2. The number of aromatic nitrogens is 1. The molecule has 1 aromatic rings. The number of nitrogens with zero attached hydrogens (tertiary/aromatic N) is 1. The predicted molar refractivity (Wildman–Crippen MR) is 63.2 cm³/mol. The molecule has 17 heavy (non-hydrogen) atoms. The number of hydrazine groups is 1. The van der Waals surface area contributed by atoms with Crippen LogP contribution in [0.5, 0.6) is 0 Å². The second-order valence-corrected chi connectivity index (χ2v) is 4.42. The van der Waals surface area contributed by atoms with E-state index in [0.29, 0.717) is 11.5 Å². The molecule has 1 rings (SSSR count). The Hall–Kier alpha value is -1.82. The molecule has 0 radical (unpaired) electrons. The van der Waals surface area contributed by atoms with E-state index in [1.165, 1.54) is 0 Å². The minimum atomic E-state index is -0.589. The summed E-state index contributed by atoms with van der Waals surface area (Å²) in [5, 5.41) is 8.89. The van der Waals surface area contributed by atoms with E-state index in [1.807, 2.05) is 0 Å². The summed E-state index contributed by atoms with van der Waals surface area (Å²) in [4.78, 5) is 15.3. The highest BCUT2D eigenvalue weighted by atomic mass is 16.6. The van der Waals surface area contributed by atoms with Crippen molar-refractivity contribution >= 4 is 11.9 Å². The SMILES string of the molecule is CC(C)(C)OC(=O)NNc1cccc(CO)n1. The number of rotatable bonds is 3. The minimum absolute atomic E-state index is 0.151. The van der Waals surface area contributed by atoms with Crippen LogP contribution in [-0.4, -0.2) is 21.8 Å². The number of carbonyl (C=O) groups is 1. The Labute approximate surface area is 100.0 Å². The van der Waals surface area contributed by atoms with Gasteiger partial charge in [0.25, 0.3) is 0 Å². The van der Waals surface area contributed by atoms with Gasteiger partial charge in [-0.15, -0.1) is 0 Å². The molecule has 0 fully saturated rings. The lowest BCUT2D eigenvalue weighted by atomic mass is 10.2. The fourth-order valence-electron chi connectivity index (χ4n) is 1.06. The highest BCUT2D eigenvalue weighted by molar-refractivity contribution is 5.69. The van der Waals surface area contributed by atoms with Crippen molar-refractivity contribution in [1.82, 2.24) is 10.4 Å². The van der Waals surface area contributed by atoms with Gasteiger partial charge < -0.3 is 9.84 Å². The van der Waals surface area contributed by atoms with Crippen LogP contribution in [0.4, 0.5) is 10.6 Å². The Morgan fingerprint density at radius 3 is 2.76 bits per heavy atom. The molecule has 0 saturated carbocycles. The molecule has 0 aliphatic heterocycles. The van der Waals surface area contributed by atoms with E-state index in [0.717, 1.165) is 0 Å². The van der Waals surface area contributed by atoms with Crippen molar-refractivity contribution in [3.05, 3.63) is 23.9 Å². The molecule has 0 aliphatic carbocycles. The van der Waals surface area contributed by atoms with Crippen molar-refractivity contribution in [2.75, 3.05) is 5.43 Å². The highest BCUT2D eigenvalue weighted by Crippen LogP contribution is 2.07. The lowest BCUT2D eigenvalue weighted by Crippen LogP contribution is -2.36. The summed E-state index contributed by atoms with van der Waals surface area (Å²) < 4.78 is 5.03. The standard InChI is InChI=1S/C11H17N3O3/c1-11(2,3)17-10(16)14-13-9-6-4-5-8(7-15)12-9/h4-6,15H,7H2,1-3H3,(H,12,13)(H,14,16). The van der Waals surface area contributed by atoms with E-state index in [1.54, 1.807) is 39.0 Å². The van der Waals surface area contributed by atoms with Crippen LogP contribution in [0.25, 0.3) is 0 Å². The number of hydrogen-bond donors (Lipinski definition) is 3. The summed E-state index contributed by atoms with van der Waals surface area (Å²) in [6.07, 6.45) is -0.589. The molecule has 1 aromatic heterocycles. The summed E-state index contributed by atoms with van der Waals surface area (Å²) in [5.41, 5.74) is 4.91. The van der Waals surface area contributed by atoms with Gasteiger partial charge in [-0.2, -0.15) is 0 Å². The Kier molecular flexibility index (Phi) is 4.28. The van der Waals surface area contributed by atoms with Gasteiger partial charge in [0.1, 0.15) is 11.4 Å². The fraction of sp³-hybridized carbons (Fsp3) is 0.455. The third kappa shape index (κ3) is 5.17. The first-order valence-electron chi connectivity index (χ1n) is 5.22. The van der Waals surface area contributed by atoms with Gasteiger partial charge in [0.15, 0.2) is 0 Å². The molecular weight excluding hydrogens is 222 g/mol. The normalized spacial score (nSPS) is 10.8. The van der Waals surface area contributed by atoms with Gasteiger partial charge in [0.05, 0.1) is 12.3 Å². The summed E-state index contributed by atoms with van der Waals surface area (Å²) in [7, 11) is 0. The van der Waals surface area contributed by atoms with Crippen molar-refractivity contribution < 1.29 is 14.6 Å². The van der Waals surface area contributed by atoms with Gasteiger partial charge in [0, 0.05) is 0 Å². The van der Waals surface area contributed by atoms with Gasteiger partial charge in [0.2, 0.25) is 0 Å². The van der Waals surface area contributed by atoms with E-state index in [9.17, 15) is 4.79 Å². The van der Waals surface area contributed by atoms with Crippen molar-refractivity contribution in [3.63, 3.8) is 0 Å². The first-order chi connectivity index (χ1) is 7.90. The average molecular weight is 239 g/mol. The quantitative estimate of drug-likeness (QED) is 0.695. The Morgan fingerprint density at radius 2 is 2.18 bits per heavy atom. The van der Waals surface area contributed by atoms with Crippen LogP contribution < -0.4 is 10.9 Å². The van der Waals surface area contributed by atoms with Gasteiger partial charge in [-0.1, -0.05) is 6.07 Å². The Bertz CT molecular complexity index is 388. The molecule has 0 saturated heterocycles. The molecule has 6 nitrogen and oxygen atoms in total. The van der Waals surface area contributed by atoms with Crippen LogP contribution in [0.2, 0.25) is 0 Å². The topological polar surface area (TPSA) is 83.5 Å². The number of carbonyl (C=O) groups excluding carboxylic acids is 1. The number of amides is 1. The summed E-state index contributed by atoms with van der Waals surface area (Å²) >= 11 is 0. The van der Waals surface area contributed by atoms with Crippen LogP contribution in [0.3, 0.4) is 0 Å². The van der Waals surface area contributed by atoms with E-state index >= 15 is 0 Å². The third-order valence-corrected chi connectivity index (χ3v) is 1.66. The molecule has 0 spiro atoms. The smallest absolute Gasteiger partial charge is 0.426 e. The number of aliphatic hydroxyl groups is 1. The molecular formula is C11H17N3O3. The van der Waals surface area contributed by atoms with E-state index in [2.05, 4.69) is 15.8 Å². The van der Waals surface area contributed by atoms with Gasteiger partial charge in [-0.05, 0) is 32.9 Å². The first-order valence-corrected chi connectivity index (χ1v) is 5.22. The maximum atomic E-state index is 11.3. The third-order valence-electron chi connectivity index (χ3n) is 1.66. The molecule has 6 heteroatoms. The molecule has 0 unspecified atom stereocenters. The predicted octanol–water partition coefficient (Wildman–Crippen LogP) is 1.43. The lowest BCUT2D eigenvalue weighted by Gasteiger charge is -2.19. The van der Waals surface area contributed by atoms with Crippen molar-refractivity contribution in [1.29, 1.82) is 0 Å². The molecule has 1 amide bonds. The molecule has 0 bridgehead atoms. The Morgan fingerprint density at radius 1 is 1.47 bits per heavy atom. The average Bonchev–Trinajstić information content (AvgIpc) is 2.24. The second kappa shape index (κ2) is 5.49. The van der Waals surface area contributed by atoms with Crippen LogP contribution in [0, 0.1) is 0 Å². The van der Waals surface area contributed by atoms with Crippen molar-refractivity contribution in [3.8, 4) is 0 Å². The lowest BCUT2D eigenvalue weighted by molar-refractivity contribution is 0.0541. The molecule has 3 N–H and O–H groups in total. The highest BCUT2D eigenvalue weighted by Gasteiger charge is 2.15. The maximum Gasteiger partial charge on any atom is 0.426 e. The van der Waals surface area contributed by atoms with E-state index < -0.39 is 11.7 Å². The number of hydrogen-bond acceptors (Lipinski definition) is 5. The number of anilines is 1. The molecule has 1 heterocycles. The Balaban J connectivity index is 2.47. The van der Waals surface area contributed by atoms with Crippen LogP contribution >= 0.6 is 0 Å². The monoisotopic (exact) mass is 239 g/mol. The zero-order valence-corrected chi connectivity index (χ0v) is 10.2. The molecule has 0 atom stereocenters. The van der Waals surface area contributed by atoms with Crippen LogP contribution in [0.1, 0.15) is 26.5 Å². The summed E-state index contributed by atoms with van der Waals surface area (Å²) in [6, 6.07) is 5.06. The van der Waals surface area contributed by atoms with Crippen LogP contribution in [-0.2, 0) is 11.3 Å². The van der Waals surface area contributed by atoms with Gasteiger partial charge in [-0.25, -0.2) is 15.2 Å². The second-order valence-electron chi connectivity index (χ2n) is 4.42. The fourth-order valence-corrected chi connectivity index (χ4v) is 1.06. The minimum Gasteiger partial charge on any atom is -0.443 e. The summed E-state index contributed by atoms with van der Waals surface area (Å²) in [5.74, 6) is 0.433. The van der Waals surface area contributed by atoms with E-state index in [-0.39, 0.29) is 6.61 Å². The zero-order valence-electron chi connectivity index (χ0n) is 10.2. The molecule has 0 aromatic carbocycles. The van der Waals surface area contributed by atoms with Crippen molar-refractivity contribution in [2.45, 2.75) is 33.0 Å². The van der Waals surface area contributed by atoms with Crippen LogP contribution in [0.15, 0.2) is 18.2 Å². The molecule has 0 aliphatic rings. The number of pyridine rings is 1. The summed E-state index contributed by atoms with van der Waals surface area (Å²) in [6.45, 7) is 5.17. The van der Waals surface area contributed by atoms with Crippen molar-refractivity contribution in [2.24, 2.45) is 0 Å². The largest absolute Gasteiger partial charge is 0.443 e.